The van der Waals surface area contributed by atoms with Crippen LogP contribution >= 0.6 is 0 Å². The molecule has 0 saturated heterocycles. The van der Waals surface area contributed by atoms with Gasteiger partial charge in [-0.25, -0.2) is 4.39 Å². The standard InChI is InChI=1S/C13H17FN2/c1-3-7-16(8-4-2)13-6-5-12(14)9-11(13)10-15/h5-6,9H,3-4,7-8H2,1-2H3. The summed E-state index contributed by atoms with van der Waals surface area (Å²) < 4.78 is 13.0. The molecule has 0 saturated carbocycles. The highest BCUT2D eigenvalue weighted by Crippen LogP contribution is 2.21. The fourth-order valence-electron chi connectivity index (χ4n) is 1.77. The maximum Gasteiger partial charge on any atom is 0.124 e. The summed E-state index contributed by atoms with van der Waals surface area (Å²) in [5.74, 6) is -0.353. The normalized spacial score (nSPS) is 9.88. The first-order valence-electron chi connectivity index (χ1n) is 5.67. The van der Waals surface area contributed by atoms with Crippen molar-refractivity contribution < 1.29 is 4.39 Å². The highest BCUT2D eigenvalue weighted by atomic mass is 19.1. The zero-order chi connectivity index (χ0) is 12.0. The lowest BCUT2D eigenvalue weighted by molar-refractivity contribution is 0.626. The summed E-state index contributed by atoms with van der Waals surface area (Å²) in [5.41, 5.74) is 1.26. The molecule has 1 rings (SSSR count). The highest BCUT2D eigenvalue weighted by molar-refractivity contribution is 5.59. The van der Waals surface area contributed by atoms with E-state index < -0.39 is 0 Å². The molecule has 86 valence electrons. The molecule has 1 aromatic carbocycles. The van der Waals surface area contributed by atoms with Gasteiger partial charge < -0.3 is 4.90 Å². The van der Waals surface area contributed by atoms with Gasteiger partial charge in [0.1, 0.15) is 11.9 Å². The van der Waals surface area contributed by atoms with Crippen molar-refractivity contribution in [2.45, 2.75) is 26.7 Å². The third kappa shape index (κ3) is 2.96. The van der Waals surface area contributed by atoms with Crippen molar-refractivity contribution >= 4 is 5.69 Å². The third-order valence-electron chi connectivity index (χ3n) is 2.41. The van der Waals surface area contributed by atoms with E-state index in [1.165, 1.54) is 12.1 Å². The lowest BCUT2D eigenvalue weighted by atomic mass is 10.1. The predicted octanol–water partition coefficient (Wildman–Crippen LogP) is 3.32. The van der Waals surface area contributed by atoms with E-state index in [0.717, 1.165) is 31.6 Å². The van der Waals surface area contributed by atoms with Gasteiger partial charge in [-0.2, -0.15) is 5.26 Å². The monoisotopic (exact) mass is 220 g/mol. The van der Waals surface area contributed by atoms with E-state index in [-0.39, 0.29) is 5.82 Å². The van der Waals surface area contributed by atoms with Gasteiger partial charge in [-0.15, -0.1) is 0 Å². The molecule has 0 fully saturated rings. The first kappa shape index (κ1) is 12.5. The van der Waals surface area contributed by atoms with Crippen LogP contribution in [0.1, 0.15) is 32.3 Å². The van der Waals surface area contributed by atoms with Gasteiger partial charge in [-0.05, 0) is 31.0 Å². The molecule has 0 N–H and O–H groups in total. The van der Waals surface area contributed by atoms with E-state index >= 15 is 0 Å². The number of nitrogens with zero attached hydrogens (tertiary/aromatic N) is 2. The van der Waals surface area contributed by atoms with E-state index in [9.17, 15) is 4.39 Å². The Hall–Kier alpha value is -1.56. The van der Waals surface area contributed by atoms with E-state index in [0.29, 0.717) is 5.56 Å². The van der Waals surface area contributed by atoms with Gasteiger partial charge in [0.05, 0.1) is 11.3 Å². The van der Waals surface area contributed by atoms with E-state index in [4.69, 9.17) is 5.26 Å². The summed E-state index contributed by atoms with van der Waals surface area (Å²) in [5, 5.41) is 8.98. The molecule has 0 radical (unpaired) electrons. The zero-order valence-electron chi connectivity index (χ0n) is 9.83. The number of rotatable bonds is 5. The quantitative estimate of drug-likeness (QED) is 0.761. The van der Waals surface area contributed by atoms with E-state index in [1.54, 1.807) is 6.07 Å². The van der Waals surface area contributed by atoms with Crippen LogP contribution in [0.25, 0.3) is 0 Å². The molecule has 0 aliphatic rings. The number of benzene rings is 1. The molecule has 0 bridgehead atoms. The lowest BCUT2D eigenvalue weighted by Crippen LogP contribution is -2.25. The van der Waals surface area contributed by atoms with Gasteiger partial charge in [-0.3, -0.25) is 0 Å². The molecule has 0 amide bonds. The fraction of sp³-hybridized carbons (Fsp3) is 0.462. The van der Waals surface area contributed by atoms with Crippen molar-refractivity contribution in [2.75, 3.05) is 18.0 Å². The average Bonchev–Trinajstić information content (AvgIpc) is 2.28. The first-order valence-corrected chi connectivity index (χ1v) is 5.67. The van der Waals surface area contributed by atoms with Gasteiger partial charge in [0.25, 0.3) is 0 Å². The average molecular weight is 220 g/mol. The Morgan fingerprint density at radius 2 is 1.88 bits per heavy atom. The Morgan fingerprint density at radius 3 is 2.38 bits per heavy atom. The first-order chi connectivity index (χ1) is 7.72. The van der Waals surface area contributed by atoms with Crippen LogP contribution in [-0.4, -0.2) is 13.1 Å². The Morgan fingerprint density at radius 1 is 1.25 bits per heavy atom. The van der Waals surface area contributed by atoms with Gasteiger partial charge in [-0.1, -0.05) is 13.8 Å². The van der Waals surface area contributed by atoms with Crippen molar-refractivity contribution in [3.63, 3.8) is 0 Å². The third-order valence-corrected chi connectivity index (χ3v) is 2.41. The largest absolute Gasteiger partial charge is 0.370 e. The van der Waals surface area contributed by atoms with E-state index in [2.05, 4.69) is 24.8 Å². The van der Waals surface area contributed by atoms with Crippen LogP contribution in [-0.2, 0) is 0 Å². The molecule has 0 aliphatic heterocycles. The minimum atomic E-state index is -0.353. The van der Waals surface area contributed by atoms with Crippen LogP contribution in [0.5, 0.6) is 0 Å². The minimum absolute atomic E-state index is 0.353. The van der Waals surface area contributed by atoms with Crippen LogP contribution in [0.3, 0.4) is 0 Å². The minimum Gasteiger partial charge on any atom is -0.370 e. The molecule has 1 aromatic rings. The second-order valence-corrected chi connectivity index (χ2v) is 3.76. The number of hydrogen-bond donors (Lipinski definition) is 0. The molecule has 0 atom stereocenters. The molecule has 0 aliphatic carbocycles. The maximum atomic E-state index is 13.0. The van der Waals surface area contributed by atoms with Crippen LogP contribution in [0, 0.1) is 17.1 Å². The number of hydrogen-bond acceptors (Lipinski definition) is 2. The SMILES string of the molecule is CCCN(CCC)c1ccc(F)cc1C#N. The summed E-state index contributed by atoms with van der Waals surface area (Å²) in [6.07, 6.45) is 2.03. The summed E-state index contributed by atoms with van der Waals surface area (Å²) in [6.45, 7) is 5.98. The Bertz CT molecular complexity index is 376. The van der Waals surface area contributed by atoms with Crippen molar-refractivity contribution in [3.05, 3.63) is 29.6 Å². The van der Waals surface area contributed by atoms with Crippen molar-refractivity contribution in [1.29, 1.82) is 5.26 Å². The smallest absolute Gasteiger partial charge is 0.124 e. The van der Waals surface area contributed by atoms with Crippen LogP contribution in [0.15, 0.2) is 18.2 Å². The molecule has 0 aromatic heterocycles. The number of halogens is 1. The molecule has 0 spiro atoms. The van der Waals surface area contributed by atoms with Crippen molar-refractivity contribution in [3.8, 4) is 6.07 Å². The van der Waals surface area contributed by atoms with Gasteiger partial charge >= 0.3 is 0 Å². The van der Waals surface area contributed by atoms with Crippen LogP contribution in [0.2, 0.25) is 0 Å². The molecular formula is C13H17FN2. The molecule has 0 heterocycles. The van der Waals surface area contributed by atoms with E-state index in [1.807, 2.05) is 0 Å². The summed E-state index contributed by atoms with van der Waals surface area (Å²) in [4.78, 5) is 2.14. The highest BCUT2D eigenvalue weighted by Gasteiger charge is 2.10. The summed E-state index contributed by atoms with van der Waals surface area (Å²) in [7, 11) is 0. The van der Waals surface area contributed by atoms with Crippen LogP contribution in [0.4, 0.5) is 10.1 Å². The van der Waals surface area contributed by atoms with Gasteiger partial charge in [0.15, 0.2) is 0 Å². The molecule has 3 heteroatoms. The maximum absolute atomic E-state index is 13.0. The fourth-order valence-corrected chi connectivity index (χ4v) is 1.77. The number of nitriles is 1. The molecular weight excluding hydrogens is 203 g/mol. The lowest BCUT2D eigenvalue weighted by Gasteiger charge is -2.24. The van der Waals surface area contributed by atoms with Gasteiger partial charge in [0.2, 0.25) is 0 Å². The second-order valence-electron chi connectivity index (χ2n) is 3.76. The summed E-state index contributed by atoms with van der Waals surface area (Å²) in [6, 6.07) is 6.46. The Labute approximate surface area is 96.3 Å². The molecule has 16 heavy (non-hydrogen) atoms. The Balaban J connectivity index is 3.03. The summed E-state index contributed by atoms with van der Waals surface area (Å²) >= 11 is 0. The topological polar surface area (TPSA) is 27.0 Å². The van der Waals surface area contributed by atoms with Crippen LogP contribution < -0.4 is 4.90 Å². The Kier molecular flexibility index (Phi) is 4.78. The molecule has 2 nitrogen and oxygen atoms in total. The van der Waals surface area contributed by atoms with Gasteiger partial charge in [0, 0.05) is 13.1 Å². The number of anilines is 1. The van der Waals surface area contributed by atoms with Crippen molar-refractivity contribution in [2.24, 2.45) is 0 Å². The predicted molar refractivity (Wildman–Crippen MR) is 63.9 cm³/mol. The zero-order valence-corrected chi connectivity index (χ0v) is 9.83. The molecule has 0 unspecified atom stereocenters. The second kappa shape index (κ2) is 6.12. The van der Waals surface area contributed by atoms with Crippen molar-refractivity contribution in [1.82, 2.24) is 0 Å².